The fraction of sp³-hybridized carbons (Fsp3) is 0.318. The van der Waals surface area contributed by atoms with Gasteiger partial charge in [0.25, 0.3) is 0 Å². The van der Waals surface area contributed by atoms with Crippen LogP contribution < -0.4 is 4.90 Å². The molecule has 2 aromatic carbocycles. The van der Waals surface area contributed by atoms with Gasteiger partial charge in [-0.1, -0.05) is 48.5 Å². The van der Waals surface area contributed by atoms with Crippen LogP contribution in [0.25, 0.3) is 10.9 Å². The van der Waals surface area contributed by atoms with E-state index in [1.165, 1.54) is 10.9 Å². The molecule has 0 radical (unpaired) electrons. The highest BCUT2D eigenvalue weighted by atomic mass is 32.2. The van der Waals surface area contributed by atoms with Gasteiger partial charge >= 0.3 is 0 Å². The lowest BCUT2D eigenvalue weighted by Gasteiger charge is -2.35. The predicted molar refractivity (Wildman–Crippen MR) is 114 cm³/mol. The van der Waals surface area contributed by atoms with Gasteiger partial charge in [-0.2, -0.15) is 4.31 Å². The maximum atomic E-state index is 12.8. The van der Waals surface area contributed by atoms with E-state index >= 15 is 0 Å². The van der Waals surface area contributed by atoms with Crippen LogP contribution in [-0.2, 0) is 15.8 Å². The van der Waals surface area contributed by atoms with E-state index in [1.54, 1.807) is 4.31 Å². The van der Waals surface area contributed by atoms with Gasteiger partial charge in [0.2, 0.25) is 10.0 Å². The number of sulfonamides is 1. The Labute approximate surface area is 166 Å². The minimum Gasteiger partial charge on any atom is -0.354 e. The maximum Gasteiger partial charge on any atom is 0.218 e. The Kier molecular flexibility index (Phi) is 5.08. The van der Waals surface area contributed by atoms with Gasteiger partial charge in [-0.05, 0) is 36.6 Å². The molecule has 0 amide bonds. The van der Waals surface area contributed by atoms with Crippen LogP contribution in [0, 0.1) is 13.8 Å². The zero-order valence-electron chi connectivity index (χ0n) is 16.3. The Morgan fingerprint density at radius 3 is 2.32 bits per heavy atom. The second-order valence-corrected chi connectivity index (χ2v) is 9.37. The van der Waals surface area contributed by atoms with Crippen molar-refractivity contribution in [2.24, 2.45) is 0 Å². The molecule has 1 aromatic heterocycles. The van der Waals surface area contributed by atoms with Gasteiger partial charge in [0, 0.05) is 31.6 Å². The third-order valence-electron chi connectivity index (χ3n) is 5.38. The first-order chi connectivity index (χ1) is 13.4. The van der Waals surface area contributed by atoms with Crippen LogP contribution >= 0.6 is 0 Å². The van der Waals surface area contributed by atoms with Crippen LogP contribution in [0.15, 0.2) is 54.6 Å². The molecular weight excluding hydrogens is 370 g/mol. The van der Waals surface area contributed by atoms with Crippen molar-refractivity contribution in [2.75, 3.05) is 31.1 Å². The average Bonchev–Trinajstić information content (AvgIpc) is 2.69. The minimum atomic E-state index is -3.31. The van der Waals surface area contributed by atoms with Crippen molar-refractivity contribution in [1.82, 2.24) is 9.29 Å². The van der Waals surface area contributed by atoms with Crippen molar-refractivity contribution < 1.29 is 8.42 Å². The molecule has 28 heavy (non-hydrogen) atoms. The molecular formula is C22H25N3O2S. The molecule has 146 valence electrons. The second kappa shape index (κ2) is 7.53. The first-order valence-corrected chi connectivity index (χ1v) is 11.2. The zero-order valence-corrected chi connectivity index (χ0v) is 17.1. The van der Waals surface area contributed by atoms with Crippen LogP contribution in [0.2, 0.25) is 0 Å². The Balaban J connectivity index is 1.50. The van der Waals surface area contributed by atoms with Crippen molar-refractivity contribution >= 4 is 26.7 Å². The summed E-state index contributed by atoms with van der Waals surface area (Å²) in [6.45, 7) is 6.46. The van der Waals surface area contributed by atoms with E-state index in [4.69, 9.17) is 4.98 Å². The monoisotopic (exact) mass is 395 g/mol. The Bertz CT molecular complexity index is 1090. The Morgan fingerprint density at radius 1 is 0.893 bits per heavy atom. The lowest BCUT2D eigenvalue weighted by Crippen LogP contribution is -2.49. The van der Waals surface area contributed by atoms with E-state index < -0.39 is 10.0 Å². The number of aryl methyl sites for hydroxylation is 2. The summed E-state index contributed by atoms with van der Waals surface area (Å²) in [7, 11) is -3.31. The fourth-order valence-electron chi connectivity index (χ4n) is 3.78. The van der Waals surface area contributed by atoms with Crippen molar-refractivity contribution in [3.8, 4) is 0 Å². The summed E-state index contributed by atoms with van der Waals surface area (Å²) in [4.78, 5) is 7.06. The summed E-state index contributed by atoms with van der Waals surface area (Å²) in [6, 6.07) is 17.7. The standard InChI is InChI=1S/C22H25N3O2S/c1-17-7-6-10-20-18(2)15-21(23-22(17)20)24-11-13-25(14-12-24)28(26,27)16-19-8-4-3-5-9-19/h3-10,15H,11-14,16H2,1-2H3. The van der Waals surface area contributed by atoms with E-state index in [2.05, 4.69) is 43.0 Å². The number of pyridine rings is 1. The largest absolute Gasteiger partial charge is 0.354 e. The third kappa shape index (κ3) is 3.75. The number of fused-ring (bicyclic) bond motifs is 1. The minimum absolute atomic E-state index is 0.0559. The summed E-state index contributed by atoms with van der Waals surface area (Å²) in [5, 5.41) is 1.17. The topological polar surface area (TPSA) is 53.5 Å². The van der Waals surface area contributed by atoms with Crippen LogP contribution in [0.3, 0.4) is 0 Å². The van der Waals surface area contributed by atoms with Crippen molar-refractivity contribution in [3.05, 3.63) is 71.3 Å². The smallest absolute Gasteiger partial charge is 0.218 e. The molecule has 0 saturated carbocycles. The maximum absolute atomic E-state index is 12.8. The molecule has 3 aromatic rings. The molecule has 4 rings (SSSR count). The molecule has 1 aliphatic rings. The summed E-state index contributed by atoms with van der Waals surface area (Å²) < 4.78 is 27.1. The van der Waals surface area contributed by atoms with Gasteiger partial charge in [0.1, 0.15) is 5.82 Å². The van der Waals surface area contributed by atoms with Gasteiger partial charge in [-0.3, -0.25) is 0 Å². The van der Waals surface area contributed by atoms with Gasteiger partial charge in [0.15, 0.2) is 0 Å². The quantitative estimate of drug-likeness (QED) is 0.678. The number of hydrogen-bond donors (Lipinski definition) is 0. The van der Waals surface area contributed by atoms with Crippen LogP contribution in [-0.4, -0.2) is 43.9 Å². The molecule has 0 aliphatic carbocycles. The second-order valence-electron chi connectivity index (χ2n) is 7.40. The van der Waals surface area contributed by atoms with Crippen molar-refractivity contribution in [3.63, 3.8) is 0 Å². The number of aromatic nitrogens is 1. The highest BCUT2D eigenvalue weighted by molar-refractivity contribution is 7.88. The number of benzene rings is 2. The van der Waals surface area contributed by atoms with E-state index in [9.17, 15) is 8.42 Å². The normalized spacial score (nSPS) is 15.9. The van der Waals surface area contributed by atoms with Crippen LogP contribution in [0.4, 0.5) is 5.82 Å². The molecule has 0 N–H and O–H groups in total. The molecule has 1 fully saturated rings. The molecule has 0 spiro atoms. The first-order valence-electron chi connectivity index (χ1n) is 9.58. The molecule has 0 atom stereocenters. The highest BCUT2D eigenvalue weighted by Crippen LogP contribution is 2.26. The third-order valence-corrected chi connectivity index (χ3v) is 7.23. The number of nitrogens with zero attached hydrogens (tertiary/aromatic N) is 3. The van der Waals surface area contributed by atoms with E-state index in [-0.39, 0.29) is 5.75 Å². The fourth-order valence-corrected chi connectivity index (χ4v) is 5.29. The molecule has 1 saturated heterocycles. The summed E-state index contributed by atoms with van der Waals surface area (Å²) in [5.41, 5.74) is 4.21. The number of hydrogen-bond acceptors (Lipinski definition) is 4. The predicted octanol–water partition coefficient (Wildman–Crippen LogP) is 3.50. The molecule has 0 bridgehead atoms. The molecule has 6 heteroatoms. The van der Waals surface area contributed by atoms with Crippen molar-refractivity contribution in [1.29, 1.82) is 0 Å². The molecule has 5 nitrogen and oxygen atoms in total. The number of rotatable bonds is 4. The Morgan fingerprint density at radius 2 is 1.61 bits per heavy atom. The van der Waals surface area contributed by atoms with Gasteiger partial charge in [-0.15, -0.1) is 0 Å². The SMILES string of the molecule is Cc1cc(N2CCN(S(=O)(=O)Cc3ccccc3)CC2)nc2c(C)cccc12. The van der Waals surface area contributed by atoms with E-state index in [1.807, 2.05) is 30.3 Å². The van der Waals surface area contributed by atoms with Gasteiger partial charge in [0.05, 0.1) is 11.3 Å². The number of anilines is 1. The average molecular weight is 396 g/mol. The van der Waals surface area contributed by atoms with Crippen LogP contribution in [0.1, 0.15) is 16.7 Å². The van der Waals surface area contributed by atoms with Gasteiger partial charge in [-0.25, -0.2) is 13.4 Å². The lowest BCUT2D eigenvalue weighted by atomic mass is 10.1. The first kappa shape index (κ1) is 18.9. The van der Waals surface area contributed by atoms with Crippen molar-refractivity contribution in [2.45, 2.75) is 19.6 Å². The van der Waals surface area contributed by atoms with E-state index in [0.717, 1.165) is 22.5 Å². The molecule has 0 unspecified atom stereocenters. The summed E-state index contributed by atoms with van der Waals surface area (Å²) in [6.07, 6.45) is 0. The number of piperazine rings is 1. The lowest BCUT2D eigenvalue weighted by molar-refractivity contribution is 0.383. The van der Waals surface area contributed by atoms with Gasteiger partial charge < -0.3 is 4.90 Å². The zero-order chi connectivity index (χ0) is 19.7. The summed E-state index contributed by atoms with van der Waals surface area (Å²) in [5.74, 6) is 0.986. The number of para-hydroxylation sites is 1. The molecule has 2 heterocycles. The highest BCUT2D eigenvalue weighted by Gasteiger charge is 2.27. The van der Waals surface area contributed by atoms with Crippen LogP contribution in [0.5, 0.6) is 0 Å². The van der Waals surface area contributed by atoms with E-state index in [0.29, 0.717) is 26.2 Å². The summed E-state index contributed by atoms with van der Waals surface area (Å²) >= 11 is 0. The Hall–Kier alpha value is -2.44. The molecule has 1 aliphatic heterocycles.